The van der Waals surface area contributed by atoms with E-state index in [2.05, 4.69) is 4.98 Å². The molecule has 0 N–H and O–H groups in total. The molecule has 0 unspecified atom stereocenters. The van der Waals surface area contributed by atoms with Gasteiger partial charge >= 0.3 is 0 Å². The van der Waals surface area contributed by atoms with E-state index in [9.17, 15) is 4.39 Å². The molecule has 1 nitrogen and oxygen atoms in total. The second-order valence-corrected chi connectivity index (χ2v) is 3.96. The van der Waals surface area contributed by atoms with E-state index in [0.717, 1.165) is 23.4 Å². The van der Waals surface area contributed by atoms with Crippen LogP contribution in [0.5, 0.6) is 0 Å². The first-order valence-corrected chi connectivity index (χ1v) is 5.49. The molecule has 2 rings (SSSR count). The number of halogens is 2. The van der Waals surface area contributed by atoms with Gasteiger partial charge in [-0.25, -0.2) is 4.39 Å². The summed E-state index contributed by atoms with van der Waals surface area (Å²) in [5.74, 6) is -0.249. The summed E-state index contributed by atoms with van der Waals surface area (Å²) in [7, 11) is 0. The molecule has 0 saturated heterocycles. The minimum Gasteiger partial charge on any atom is -0.253 e. The van der Waals surface area contributed by atoms with E-state index in [1.807, 2.05) is 13.0 Å². The first-order chi connectivity index (χ1) is 7.69. The molecule has 16 heavy (non-hydrogen) atoms. The van der Waals surface area contributed by atoms with Gasteiger partial charge in [0.25, 0.3) is 0 Å². The van der Waals surface area contributed by atoms with Gasteiger partial charge in [0.2, 0.25) is 0 Å². The molecule has 0 fully saturated rings. The van der Waals surface area contributed by atoms with E-state index in [-0.39, 0.29) is 5.82 Å². The molecule has 0 spiro atoms. The fourth-order valence-corrected chi connectivity index (χ4v) is 1.73. The molecule has 0 aliphatic carbocycles. The summed E-state index contributed by atoms with van der Waals surface area (Å²) in [6.45, 7) is 2.02. The minimum absolute atomic E-state index is 0.249. The summed E-state index contributed by atoms with van der Waals surface area (Å²) >= 11 is 6.00. The molecule has 82 valence electrons. The third-order valence-corrected chi connectivity index (χ3v) is 2.56. The molecule has 0 saturated carbocycles. The lowest BCUT2D eigenvalue weighted by Gasteiger charge is -2.04. The maximum atomic E-state index is 12.8. The summed E-state index contributed by atoms with van der Waals surface area (Å²) in [6.07, 6.45) is 0.828. The van der Waals surface area contributed by atoms with Crippen LogP contribution in [-0.4, -0.2) is 4.98 Å². The van der Waals surface area contributed by atoms with Crippen molar-refractivity contribution in [2.24, 2.45) is 0 Å². The van der Waals surface area contributed by atoms with Crippen LogP contribution < -0.4 is 0 Å². The predicted molar refractivity (Wildman–Crippen MR) is 64.0 cm³/mol. The van der Waals surface area contributed by atoms with Gasteiger partial charge in [-0.15, -0.1) is 0 Å². The van der Waals surface area contributed by atoms with E-state index in [0.29, 0.717) is 5.02 Å². The highest BCUT2D eigenvalue weighted by Gasteiger charge is 2.03. The molecule has 1 aromatic carbocycles. The van der Waals surface area contributed by atoms with Crippen molar-refractivity contribution in [3.05, 3.63) is 52.9 Å². The fraction of sp³-hybridized carbons (Fsp3) is 0.154. The Labute approximate surface area is 98.9 Å². The number of hydrogen-bond donors (Lipinski definition) is 0. The van der Waals surface area contributed by atoms with Crippen molar-refractivity contribution in [1.82, 2.24) is 4.98 Å². The molecule has 0 aliphatic heterocycles. The Morgan fingerprint density at radius 2 is 1.88 bits per heavy atom. The van der Waals surface area contributed by atoms with Crippen LogP contribution in [0.2, 0.25) is 5.02 Å². The molecule has 0 bridgehead atoms. The standard InChI is InChI=1S/C13H11ClFN/c1-2-12-7-10(14)8-13(16-12)9-3-5-11(15)6-4-9/h3-8H,2H2,1H3. The van der Waals surface area contributed by atoms with Gasteiger partial charge in [0.15, 0.2) is 0 Å². The average molecular weight is 236 g/mol. The van der Waals surface area contributed by atoms with Crippen molar-refractivity contribution in [1.29, 1.82) is 0 Å². The van der Waals surface area contributed by atoms with Crippen LogP contribution in [0.4, 0.5) is 4.39 Å². The van der Waals surface area contributed by atoms with Crippen LogP contribution in [0.1, 0.15) is 12.6 Å². The van der Waals surface area contributed by atoms with Gasteiger partial charge in [-0.2, -0.15) is 0 Å². The maximum absolute atomic E-state index is 12.8. The number of rotatable bonds is 2. The Bertz CT molecular complexity index is 494. The number of aryl methyl sites for hydroxylation is 1. The zero-order valence-corrected chi connectivity index (χ0v) is 9.63. The number of benzene rings is 1. The van der Waals surface area contributed by atoms with Crippen LogP contribution in [0.15, 0.2) is 36.4 Å². The van der Waals surface area contributed by atoms with Crippen LogP contribution in [0.25, 0.3) is 11.3 Å². The van der Waals surface area contributed by atoms with Crippen molar-refractivity contribution < 1.29 is 4.39 Å². The zero-order chi connectivity index (χ0) is 11.5. The van der Waals surface area contributed by atoms with E-state index >= 15 is 0 Å². The molecule has 0 radical (unpaired) electrons. The monoisotopic (exact) mass is 235 g/mol. The van der Waals surface area contributed by atoms with Gasteiger partial charge in [-0.1, -0.05) is 18.5 Å². The van der Waals surface area contributed by atoms with Crippen molar-refractivity contribution in [3.8, 4) is 11.3 Å². The Balaban J connectivity index is 2.47. The Morgan fingerprint density at radius 1 is 1.19 bits per heavy atom. The number of pyridine rings is 1. The number of hydrogen-bond acceptors (Lipinski definition) is 1. The summed E-state index contributed by atoms with van der Waals surface area (Å²) in [5, 5.41) is 0.658. The Morgan fingerprint density at radius 3 is 2.50 bits per heavy atom. The first-order valence-electron chi connectivity index (χ1n) is 5.11. The van der Waals surface area contributed by atoms with Gasteiger partial charge in [0, 0.05) is 16.3 Å². The lowest BCUT2D eigenvalue weighted by Crippen LogP contribution is -1.90. The van der Waals surface area contributed by atoms with Gasteiger partial charge in [0.1, 0.15) is 5.82 Å². The zero-order valence-electron chi connectivity index (χ0n) is 8.87. The molecule has 1 aromatic heterocycles. The molecular formula is C13H11ClFN. The van der Waals surface area contributed by atoms with Crippen LogP contribution in [0, 0.1) is 5.82 Å². The molecule has 0 amide bonds. The van der Waals surface area contributed by atoms with Gasteiger partial charge in [0.05, 0.1) is 5.69 Å². The summed E-state index contributed by atoms with van der Waals surface area (Å²) < 4.78 is 12.8. The molecular weight excluding hydrogens is 225 g/mol. The van der Waals surface area contributed by atoms with Crippen molar-refractivity contribution >= 4 is 11.6 Å². The van der Waals surface area contributed by atoms with Crippen molar-refractivity contribution in [2.75, 3.05) is 0 Å². The van der Waals surface area contributed by atoms with Gasteiger partial charge < -0.3 is 0 Å². The van der Waals surface area contributed by atoms with E-state index < -0.39 is 0 Å². The summed E-state index contributed by atoms with van der Waals surface area (Å²) in [5.41, 5.74) is 2.59. The van der Waals surface area contributed by atoms with Gasteiger partial charge in [-0.3, -0.25) is 4.98 Å². The highest BCUT2D eigenvalue weighted by Crippen LogP contribution is 2.22. The average Bonchev–Trinajstić information content (AvgIpc) is 2.29. The van der Waals surface area contributed by atoms with Crippen molar-refractivity contribution in [3.63, 3.8) is 0 Å². The molecule has 1 heterocycles. The second-order valence-electron chi connectivity index (χ2n) is 3.52. The van der Waals surface area contributed by atoms with Crippen LogP contribution in [0.3, 0.4) is 0 Å². The highest BCUT2D eigenvalue weighted by atomic mass is 35.5. The smallest absolute Gasteiger partial charge is 0.123 e. The Kier molecular flexibility index (Phi) is 3.20. The molecule has 2 aromatic rings. The Hall–Kier alpha value is -1.41. The van der Waals surface area contributed by atoms with E-state index in [1.165, 1.54) is 12.1 Å². The lowest BCUT2D eigenvalue weighted by atomic mass is 10.1. The minimum atomic E-state index is -0.249. The fourth-order valence-electron chi connectivity index (χ4n) is 1.50. The third-order valence-electron chi connectivity index (χ3n) is 2.35. The molecule has 0 atom stereocenters. The normalized spacial score (nSPS) is 10.4. The first kappa shape index (κ1) is 11.1. The highest BCUT2D eigenvalue weighted by molar-refractivity contribution is 6.30. The predicted octanol–water partition coefficient (Wildman–Crippen LogP) is 4.10. The quantitative estimate of drug-likeness (QED) is 0.764. The largest absolute Gasteiger partial charge is 0.253 e. The van der Waals surface area contributed by atoms with E-state index in [1.54, 1.807) is 18.2 Å². The van der Waals surface area contributed by atoms with Crippen molar-refractivity contribution in [2.45, 2.75) is 13.3 Å². The number of nitrogens with zero attached hydrogens (tertiary/aromatic N) is 1. The van der Waals surface area contributed by atoms with Crippen LogP contribution >= 0.6 is 11.6 Å². The molecule has 3 heteroatoms. The molecule has 0 aliphatic rings. The van der Waals surface area contributed by atoms with E-state index in [4.69, 9.17) is 11.6 Å². The third kappa shape index (κ3) is 2.39. The summed E-state index contributed by atoms with van der Waals surface area (Å²) in [4.78, 5) is 4.45. The van der Waals surface area contributed by atoms with Gasteiger partial charge in [-0.05, 0) is 42.8 Å². The maximum Gasteiger partial charge on any atom is 0.123 e. The SMILES string of the molecule is CCc1cc(Cl)cc(-c2ccc(F)cc2)n1. The van der Waals surface area contributed by atoms with Crippen LogP contribution in [-0.2, 0) is 6.42 Å². The lowest BCUT2D eigenvalue weighted by molar-refractivity contribution is 0.628. The number of aromatic nitrogens is 1. The topological polar surface area (TPSA) is 12.9 Å². The summed E-state index contributed by atoms with van der Waals surface area (Å²) in [6, 6.07) is 9.87. The second kappa shape index (κ2) is 4.62.